The largest absolute Gasteiger partial charge is 0.491 e. The van der Waals surface area contributed by atoms with Crippen molar-refractivity contribution in [1.82, 2.24) is 5.32 Å². The maximum absolute atomic E-state index is 12.5. The smallest absolute Gasteiger partial charge is 0.261 e. The molecule has 0 saturated carbocycles. The van der Waals surface area contributed by atoms with E-state index in [0.717, 1.165) is 17.6 Å². The van der Waals surface area contributed by atoms with Gasteiger partial charge in [0.25, 0.3) is 5.91 Å². The molecule has 0 radical (unpaired) electrons. The van der Waals surface area contributed by atoms with Gasteiger partial charge in [0.05, 0.1) is 18.5 Å². The van der Waals surface area contributed by atoms with Gasteiger partial charge < -0.3 is 14.8 Å². The van der Waals surface area contributed by atoms with Crippen LogP contribution in [0.4, 0.5) is 5.69 Å². The Labute approximate surface area is 185 Å². The zero-order chi connectivity index (χ0) is 23.0. The number of nitrogens with zero attached hydrogens (tertiary/aromatic N) is 1. The summed E-state index contributed by atoms with van der Waals surface area (Å²) in [5.74, 6) is 1.46. The molecule has 0 saturated heterocycles. The van der Waals surface area contributed by atoms with Gasteiger partial charge in [-0.3, -0.25) is 9.10 Å². The van der Waals surface area contributed by atoms with Crippen LogP contribution in [-0.2, 0) is 14.8 Å². The number of rotatable bonds is 11. The monoisotopic (exact) mass is 448 g/mol. The highest BCUT2D eigenvalue weighted by Gasteiger charge is 2.19. The van der Waals surface area contributed by atoms with E-state index in [2.05, 4.69) is 19.2 Å². The van der Waals surface area contributed by atoms with Gasteiger partial charge in [0.2, 0.25) is 10.0 Å². The van der Waals surface area contributed by atoms with Crippen LogP contribution in [-0.4, -0.2) is 46.9 Å². The molecule has 0 bridgehead atoms. The van der Waals surface area contributed by atoms with Gasteiger partial charge in [0, 0.05) is 7.05 Å². The summed E-state index contributed by atoms with van der Waals surface area (Å²) in [6.45, 7) is 6.81. The average Bonchev–Trinajstić information content (AvgIpc) is 2.74. The average molecular weight is 449 g/mol. The van der Waals surface area contributed by atoms with Crippen LogP contribution in [0.2, 0.25) is 0 Å². The molecule has 170 valence electrons. The van der Waals surface area contributed by atoms with Gasteiger partial charge in [-0.15, -0.1) is 0 Å². The second-order valence-electron chi connectivity index (χ2n) is 7.57. The molecule has 7 nitrogen and oxygen atoms in total. The number of carbonyl (C=O) groups excluding carboxylic acids is 1. The van der Waals surface area contributed by atoms with Gasteiger partial charge in [-0.2, -0.15) is 0 Å². The van der Waals surface area contributed by atoms with E-state index in [1.807, 2.05) is 31.2 Å². The lowest BCUT2D eigenvalue weighted by atomic mass is 10.0. The molecule has 0 unspecified atom stereocenters. The quantitative estimate of drug-likeness (QED) is 0.532. The number of anilines is 1. The van der Waals surface area contributed by atoms with Crippen molar-refractivity contribution in [3.8, 4) is 11.5 Å². The van der Waals surface area contributed by atoms with Crippen LogP contribution in [0.3, 0.4) is 0 Å². The molecule has 2 rings (SSSR count). The van der Waals surface area contributed by atoms with Gasteiger partial charge in [0.1, 0.15) is 18.1 Å². The third kappa shape index (κ3) is 7.17. The normalized spacial score (nSPS) is 12.3. The second kappa shape index (κ2) is 11.0. The summed E-state index contributed by atoms with van der Waals surface area (Å²) in [4.78, 5) is 12.5. The summed E-state index contributed by atoms with van der Waals surface area (Å²) in [5.41, 5.74) is 1.65. The van der Waals surface area contributed by atoms with E-state index in [4.69, 9.17) is 9.47 Å². The number of benzene rings is 2. The minimum Gasteiger partial charge on any atom is -0.491 e. The van der Waals surface area contributed by atoms with E-state index in [-0.39, 0.29) is 5.91 Å². The number of hydrogen-bond donors (Lipinski definition) is 1. The summed E-state index contributed by atoms with van der Waals surface area (Å²) in [5, 5.41) is 2.85. The van der Waals surface area contributed by atoms with Crippen molar-refractivity contribution < 1.29 is 22.7 Å². The molecule has 0 aliphatic rings. The third-order valence-corrected chi connectivity index (χ3v) is 6.04. The van der Waals surface area contributed by atoms with E-state index in [0.29, 0.717) is 36.9 Å². The van der Waals surface area contributed by atoms with Gasteiger partial charge in [-0.25, -0.2) is 8.42 Å². The summed E-state index contributed by atoms with van der Waals surface area (Å²) in [6.07, 6.45) is 0.981. The summed E-state index contributed by atoms with van der Waals surface area (Å²) < 4.78 is 36.1. The molecule has 1 N–H and O–H groups in total. The second-order valence-corrected chi connectivity index (χ2v) is 9.58. The van der Waals surface area contributed by atoms with Crippen molar-refractivity contribution in [1.29, 1.82) is 0 Å². The Balaban J connectivity index is 1.87. The van der Waals surface area contributed by atoms with Crippen LogP contribution < -0.4 is 19.1 Å². The van der Waals surface area contributed by atoms with Gasteiger partial charge in [-0.1, -0.05) is 39.0 Å². The molecule has 0 fully saturated rings. The number of sulfonamides is 1. The Morgan fingerprint density at radius 2 is 1.74 bits per heavy atom. The zero-order valence-electron chi connectivity index (χ0n) is 18.8. The molecular weight excluding hydrogens is 416 g/mol. The van der Waals surface area contributed by atoms with Crippen molar-refractivity contribution in [2.75, 3.05) is 30.8 Å². The van der Waals surface area contributed by atoms with Crippen LogP contribution in [0.5, 0.6) is 11.5 Å². The van der Waals surface area contributed by atoms with Crippen LogP contribution in [0.15, 0.2) is 48.5 Å². The minimum absolute atomic E-state index is 0.222. The first-order chi connectivity index (χ1) is 14.6. The first-order valence-corrected chi connectivity index (χ1v) is 12.2. The van der Waals surface area contributed by atoms with Crippen LogP contribution in [0, 0.1) is 0 Å². The van der Waals surface area contributed by atoms with Gasteiger partial charge in [-0.05, 0) is 48.2 Å². The van der Waals surface area contributed by atoms with Crippen molar-refractivity contribution in [3.05, 3.63) is 54.1 Å². The highest BCUT2D eigenvalue weighted by Crippen LogP contribution is 2.25. The Morgan fingerprint density at radius 3 is 2.32 bits per heavy atom. The fourth-order valence-electron chi connectivity index (χ4n) is 2.95. The number of carbonyl (C=O) groups is 1. The fourth-order valence-corrected chi connectivity index (χ4v) is 3.46. The molecule has 0 aliphatic carbocycles. The maximum Gasteiger partial charge on any atom is 0.261 e. The number of para-hydroxylation sites is 1. The molecule has 0 heterocycles. The lowest BCUT2D eigenvalue weighted by Gasteiger charge is -2.20. The predicted octanol–water partition coefficient (Wildman–Crippen LogP) is 3.56. The lowest BCUT2D eigenvalue weighted by molar-refractivity contribution is -0.128. The fraction of sp³-hybridized carbons (Fsp3) is 0.435. The van der Waals surface area contributed by atoms with E-state index in [9.17, 15) is 13.2 Å². The Kier molecular flexibility index (Phi) is 8.74. The lowest BCUT2D eigenvalue weighted by Crippen LogP contribution is -2.39. The summed E-state index contributed by atoms with van der Waals surface area (Å²) >= 11 is 0. The zero-order valence-corrected chi connectivity index (χ0v) is 19.6. The van der Waals surface area contributed by atoms with Gasteiger partial charge in [0.15, 0.2) is 6.10 Å². The first-order valence-electron chi connectivity index (χ1n) is 10.3. The number of hydrogen-bond acceptors (Lipinski definition) is 5. The maximum atomic E-state index is 12.5. The number of amides is 1. The molecular formula is C23H32N2O5S. The standard InChI is InChI=1S/C23H32N2O5S/c1-6-21(30-19-13-11-18(12-14-19)25(4)31(5,27)28)23(26)24-15-16-29-22-10-8-7-9-20(22)17(2)3/h7-14,17,21H,6,15-16H2,1-5H3,(H,24,26)/t21-/m0/s1. The van der Waals surface area contributed by atoms with Crippen molar-refractivity contribution in [2.45, 2.75) is 39.2 Å². The highest BCUT2D eigenvalue weighted by molar-refractivity contribution is 7.92. The minimum atomic E-state index is -3.33. The molecule has 0 aliphatic heterocycles. The summed E-state index contributed by atoms with van der Waals surface area (Å²) in [7, 11) is -1.85. The predicted molar refractivity (Wildman–Crippen MR) is 123 cm³/mol. The SMILES string of the molecule is CC[C@H](Oc1ccc(N(C)S(C)(=O)=O)cc1)C(=O)NCCOc1ccccc1C(C)C. The number of nitrogens with one attached hydrogen (secondary N) is 1. The Bertz CT molecular complexity index is 958. The molecule has 1 atom stereocenters. The van der Waals surface area contributed by atoms with Crippen LogP contribution in [0.1, 0.15) is 38.7 Å². The highest BCUT2D eigenvalue weighted by atomic mass is 32.2. The van der Waals surface area contributed by atoms with Crippen molar-refractivity contribution in [2.24, 2.45) is 0 Å². The van der Waals surface area contributed by atoms with Crippen molar-refractivity contribution in [3.63, 3.8) is 0 Å². The van der Waals surface area contributed by atoms with E-state index in [1.165, 1.54) is 11.4 Å². The van der Waals surface area contributed by atoms with Crippen molar-refractivity contribution >= 4 is 21.6 Å². The molecule has 0 spiro atoms. The van der Waals surface area contributed by atoms with E-state index < -0.39 is 16.1 Å². The Hall–Kier alpha value is -2.74. The van der Waals surface area contributed by atoms with E-state index >= 15 is 0 Å². The number of ether oxygens (including phenoxy) is 2. The van der Waals surface area contributed by atoms with Crippen LogP contribution in [0.25, 0.3) is 0 Å². The Morgan fingerprint density at radius 1 is 1.10 bits per heavy atom. The third-order valence-electron chi connectivity index (χ3n) is 4.84. The summed E-state index contributed by atoms with van der Waals surface area (Å²) in [6, 6.07) is 14.5. The topological polar surface area (TPSA) is 84.9 Å². The first kappa shape index (κ1) is 24.5. The van der Waals surface area contributed by atoms with Crippen LogP contribution >= 0.6 is 0 Å². The van der Waals surface area contributed by atoms with E-state index in [1.54, 1.807) is 24.3 Å². The molecule has 2 aromatic carbocycles. The molecule has 1 amide bonds. The molecule has 31 heavy (non-hydrogen) atoms. The molecule has 0 aromatic heterocycles. The van der Waals surface area contributed by atoms with Gasteiger partial charge >= 0.3 is 0 Å². The molecule has 2 aromatic rings. The molecule has 8 heteroatoms.